The second kappa shape index (κ2) is 9.44. The number of carboxylic acids is 2. The molecule has 0 saturated heterocycles. The summed E-state index contributed by atoms with van der Waals surface area (Å²) in [7, 11) is 0. The van der Waals surface area contributed by atoms with Gasteiger partial charge in [0.05, 0.1) is 33.4 Å². The molecule has 1 N–H and O–H groups in total. The molecule has 0 aliphatic heterocycles. The van der Waals surface area contributed by atoms with E-state index in [9.17, 15) is 44.8 Å². The van der Waals surface area contributed by atoms with E-state index in [-0.39, 0.29) is 22.7 Å². The molecule has 3 rings (SSSR count). The first-order valence-corrected chi connectivity index (χ1v) is 9.15. The van der Waals surface area contributed by atoms with Gasteiger partial charge in [0, 0.05) is 28.9 Å². The number of anilines is 1. The van der Waals surface area contributed by atoms with Crippen LogP contribution in [0.15, 0.2) is 60.7 Å². The van der Waals surface area contributed by atoms with E-state index in [1.807, 2.05) is 0 Å². The van der Waals surface area contributed by atoms with Gasteiger partial charge in [0.15, 0.2) is 0 Å². The quantitative estimate of drug-likeness (QED) is 0.372. The maximum atomic E-state index is 12.4. The third-order valence-electron chi connectivity index (χ3n) is 4.37. The standard InChI is InChI=1S/C21H13N3O10/c25-19(11-7-13(23(30)31)9-14(8-11)24(32)33)22-12-1-3-15(4-2-12)34-16-5-6-17(20(26)27)18(10-16)21(28)29/h1-10H,(H,22,25)(H,26,27)(H,28,29)/p-2. The highest BCUT2D eigenvalue weighted by molar-refractivity contribution is 6.05. The van der Waals surface area contributed by atoms with Crippen LogP contribution in [0.4, 0.5) is 17.1 Å². The van der Waals surface area contributed by atoms with Crippen LogP contribution >= 0.6 is 0 Å². The van der Waals surface area contributed by atoms with E-state index >= 15 is 0 Å². The first-order valence-electron chi connectivity index (χ1n) is 9.15. The molecule has 0 spiro atoms. The molecule has 0 fully saturated rings. The van der Waals surface area contributed by atoms with Gasteiger partial charge in [-0.2, -0.15) is 0 Å². The number of carboxylic acid groups (broad SMARTS) is 2. The molecular weight excluding hydrogens is 454 g/mol. The minimum atomic E-state index is -1.73. The Morgan fingerprint density at radius 3 is 1.74 bits per heavy atom. The van der Waals surface area contributed by atoms with E-state index in [1.54, 1.807) is 0 Å². The third-order valence-corrected chi connectivity index (χ3v) is 4.37. The van der Waals surface area contributed by atoms with Crippen LogP contribution < -0.4 is 20.3 Å². The van der Waals surface area contributed by atoms with Crippen LogP contribution in [0.25, 0.3) is 0 Å². The van der Waals surface area contributed by atoms with Crippen LogP contribution in [-0.4, -0.2) is 27.7 Å². The van der Waals surface area contributed by atoms with Gasteiger partial charge in [0.25, 0.3) is 17.3 Å². The lowest BCUT2D eigenvalue weighted by Crippen LogP contribution is -2.30. The summed E-state index contributed by atoms with van der Waals surface area (Å²) in [6.07, 6.45) is 0. The Bertz CT molecular complexity index is 1300. The van der Waals surface area contributed by atoms with Crippen molar-refractivity contribution in [2.45, 2.75) is 0 Å². The van der Waals surface area contributed by atoms with Crippen molar-refractivity contribution in [1.82, 2.24) is 0 Å². The molecule has 0 aliphatic carbocycles. The molecule has 3 aromatic rings. The number of ether oxygens (including phenoxy) is 1. The smallest absolute Gasteiger partial charge is 0.277 e. The monoisotopic (exact) mass is 465 g/mol. The maximum absolute atomic E-state index is 12.4. The zero-order valence-electron chi connectivity index (χ0n) is 16.8. The molecule has 13 nitrogen and oxygen atoms in total. The van der Waals surface area contributed by atoms with Gasteiger partial charge >= 0.3 is 0 Å². The zero-order chi connectivity index (χ0) is 25.0. The topological polar surface area (TPSA) is 205 Å². The Balaban J connectivity index is 1.77. The Kier molecular flexibility index (Phi) is 6.48. The molecule has 0 heterocycles. The van der Waals surface area contributed by atoms with Crippen LogP contribution in [-0.2, 0) is 0 Å². The number of nitrogens with zero attached hydrogens (tertiary/aromatic N) is 2. The van der Waals surface area contributed by atoms with Crippen LogP contribution in [0.5, 0.6) is 11.5 Å². The lowest BCUT2D eigenvalue weighted by atomic mass is 10.1. The van der Waals surface area contributed by atoms with E-state index < -0.39 is 50.2 Å². The van der Waals surface area contributed by atoms with Crippen molar-refractivity contribution in [2.75, 3.05) is 5.32 Å². The number of carbonyl (C=O) groups excluding carboxylic acids is 3. The summed E-state index contributed by atoms with van der Waals surface area (Å²) in [5, 5.41) is 46.5. The molecule has 172 valence electrons. The van der Waals surface area contributed by atoms with Crippen molar-refractivity contribution in [3.05, 3.63) is 97.6 Å². The SMILES string of the molecule is O=C(Nc1ccc(Oc2ccc(C(=O)[O-])c(C(=O)[O-])c2)cc1)c1cc([N+](=O)[O-])cc([N+](=O)[O-])c1. The molecule has 0 atom stereocenters. The van der Waals surface area contributed by atoms with Crippen molar-refractivity contribution in [3.8, 4) is 11.5 Å². The van der Waals surface area contributed by atoms with Crippen molar-refractivity contribution in [1.29, 1.82) is 0 Å². The number of non-ortho nitro benzene ring substituents is 2. The number of aromatic carboxylic acids is 2. The van der Waals surface area contributed by atoms with Crippen molar-refractivity contribution in [2.24, 2.45) is 0 Å². The lowest BCUT2D eigenvalue weighted by Gasteiger charge is -2.14. The molecule has 0 radical (unpaired) electrons. The largest absolute Gasteiger partial charge is 0.545 e. The Hall–Kier alpha value is -5.33. The van der Waals surface area contributed by atoms with Gasteiger partial charge in [-0.3, -0.25) is 25.0 Å². The maximum Gasteiger partial charge on any atom is 0.277 e. The van der Waals surface area contributed by atoms with Crippen LogP contribution in [0.1, 0.15) is 31.1 Å². The molecule has 0 aromatic heterocycles. The number of nitro benzene ring substituents is 2. The summed E-state index contributed by atoms with van der Waals surface area (Å²) in [6.45, 7) is 0. The summed E-state index contributed by atoms with van der Waals surface area (Å²) in [5.74, 6) is -4.08. The number of rotatable bonds is 8. The number of nitro groups is 2. The van der Waals surface area contributed by atoms with Gasteiger partial charge in [-0.1, -0.05) is 0 Å². The minimum Gasteiger partial charge on any atom is -0.545 e. The number of hydrogen-bond donors (Lipinski definition) is 1. The van der Waals surface area contributed by atoms with Gasteiger partial charge in [-0.15, -0.1) is 0 Å². The number of nitrogens with one attached hydrogen (secondary N) is 1. The Morgan fingerprint density at radius 2 is 1.24 bits per heavy atom. The lowest BCUT2D eigenvalue weighted by molar-refractivity contribution is -0.394. The van der Waals surface area contributed by atoms with Gasteiger partial charge < -0.3 is 29.9 Å². The molecule has 3 aromatic carbocycles. The number of hydrogen-bond acceptors (Lipinski definition) is 10. The fourth-order valence-corrected chi connectivity index (χ4v) is 2.82. The summed E-state index contributed by atoms with van der Waals surface area (Å²) < 4.78 is 5.47. The molecule has 0 saturated carbocycles. The summed E-state index contributed by atoms with van der Waals surface area (Å²) in [5.41, 5.74) is -2.54. The molecular formula is C21H11N3O10-2. The average Bonchev–Trinajstić information content (AvgIpc) is 2.79. The van der Waals surface area contributed by atoms with E-state index in [0.29, 0.717) is 0 Å². The van der Waals surface area contributed by atoms with Crippen LogP contribution in [0.2, 0.25) is 0 Å². The predicted molar refractivity (Wildman–Crippen MR) is 109 cm³/mol. The zero-order valence-corrected chi connectivity index (χ0v) is 16.8. The van der Waals surface area contributed by atoms with Crippen LogP contribution in [0.3, 0.4) is 0 Å². The Morgan fingerprint density at radius 1 is 0.706 bits per heavy atom. The number of carbonyl (C=O) groups is 3. The molecule has 1 amide bonds. The van der Waals surface area contributed by atoms with Crippen molar-refractivity contribution < 1.29 is 39.2 Å². The minimum absolute atomic E-state index is 0.00936. The molecule has 0 unspecified atom stereocenters. The van der Waals surface area contributed by atoms with E-state index in [2.05, 4.69) is 5.32 Å². The summed E-state index contributed by atoms with van der Waals surface area (Å²) in [6, 6.07) is 11.2. The molecule has 0 bridgehead atoms. The Labute approximate surface area is 189 Å². The second-order valence-electron chi connectivity index (χ2n) is 6.62. The third kappa shape index (κ3) is 5.28. The molecule has 34 heavy (non-hydrogen) atoms. The van der Waals surface area contributed by atoms with Gasteiger partial charge in [0.2, 0.25) is 0 Å². The number of amides is 1. The van der Waals surface area contributed by atoms with Crippen molar-refractivity contribution in [3.63, 3.8) is 0 Å². The van der Waals surface area contributed by atoms with Crippen molar-refractivity contribution >= 4 is 34.9 Å². The average molecular weight is 465 g/mol. The number of benzene rings is 3. The first kappa shape index (κ1) is 23.3. The second-order valence-corrected chi connectivity index (χ2v) is 6.62. The van der Waals surface area contributed by atoms with E-state index in [1.165, 1.54) is 30.3 Å². The highest BCUT2D eigenvalue weighted by Gasteiger charge is 2.20. The molecule has 0 aliphatic rings. The highest BCUT2D eigenvalue weighted by Crippen LogP contribution is 2.26. The van der Waals surface area contributed by atoms with Gasteiger partial charge in [-0.25, -0.2) is 0 Å². The predicted octanol–water partition coefficient (Wildman–Crippen LogP) is 1.27. The normalized spacial score (nSPS) is 10.2. The van der Waals surface area contributed by atoms with E-state index in [4.69, 9.17) is 4.74 Å². The first-order chi connectivity index (χ1) is 16.0. The fourth-order valence-electron chi connectivity index (χ4n) is 2.82. The highest BCUT2D eigenvalue weighted by atomic mass is 16.6. The summed E-state index contributed by atoms with van der Waals surface area (Å²) >= 11 is 0. The molecule has 13 heteroatoms. The van der Waals surface area contributed by atoms with Gasteiger partial charge in [0.1, 0.15) is 11.5 Å². The van der Waals surface area contributed by atoms with Gasteiger partial charge in [-0.05, 0) is 42.5 Å². The fraction of sp³-hybridized carbons (Fsp3) is 0. The van der Waals surface area contributed by atoms with E-state index in [0.717, 1.165) is 30.3 Å². The van der Waals surface area contributed by atoms with Crippen LogP contribution in [0, 0.1) is 20.2 Å². The summed E-state index contributed by atoms with van der Waals surface area (Å²) in [4.78, 5) is 54.8.